The van der Waals surface area contributed by atoms with E-state index >= 15 is 0 Å². The molecular weight excluding hydrogens is 581 g/mol. The molecule has 2 aromatic carbocycles. The summed E-state index contributed by atoms with van der Waals surface area (Å²) in [6.07, 6.45) is 5.29. The molecule has 2 aliphatic heterocycles. The highest BCUT2D eigenvalue weighted by atomic mass is 35.5. The largest absolute Gasteiger partial charge is 0.454 e. The molecule has 1 unspecified atom stereocenters. The fourth-order valence-corrected chi connectivity index (χ4v) is 5.32. The Labute approximate surface area is 252 Å². The summed E-state index contributed by atoms with van der Waals surface area (Å²) < 4.78 is 12.5. The maximum Gasteiger partial charge on any atom is 0.238 e. The zero-order chi connectivity index (χ0) is 29.1. The molecule has 216 valence electrons. The third-order valence-corrected chi connectivity index (χ3v) is 7.60. The SMILES string of the molecule is O=C(CC1CN(C(=O)Cc2ccc3c(c2)OCO3)CCN1c1cc(Cl)nc(-n2ccnc2)n1)NCc1ccc(Cl)cc1. The van der Waals surface area contributed by atoms with Crippen LogP contribution < -0.4 is 19.7 Å². The Hall–Kier alpha value is -4.35. The van der Waals surface area contributed by atoms with Crippen LogP contribution in [0.15, 0.2) is 67.3 Å². The lowest BCUT2D eigenvalue weighted by molar-refractivity contribution is -0.132. The van der Waals surface area contributed by atoms with E-state index < -0.39 is 0 Å². The van der Waals surface area contributed by atoms with Gasteiger partial charge in [-0.15, -0.1) is 0 Å². The molecule has 0 aliphatic carbocycles. The maximum atomic E-state index is 13.4. The predicted molar refractivity (Wildman–Crippen MR) is 156 cm³/mol. The quantitative estimate of drug-likeness (QED) is 0.302. The molecular formula is C29H27Cl2N7O4. The van der Waals surface area contributed by atoms with Crippen molar-refractivity contribution in [2.45, 2.75) is 25.4 Å². The molecule has 0 bridgehead atoms. The van der Waals surface area contributed by atoms with Crippen LogP contribution in [-0.2, 0) is 22.6 Å². The lowest BCUT2D eigenvalue weighted by Gasteiger charge is -2.42. The summed E-state index contributed by atoms with van der Waals surface area (Å²) in [6.45, 7) is 1.78. The smallest absolute Gasteiger partial charge is 0.238 e. The number of fused-ring (bicyclic) bond motifs is 1. The fraction of sp³-hybridized carbons (Fsp3) is 0.276. The molecule has 1 fully saturated rings. The van der Waals surface area contributed by atoms with Gasteiger partial charge < -0.3 is 24.6 Å². The van der Waals surface area contributed by atoms with Crippen molar-refractivity contribution in [3.8, 4) is 17.4 Å². The number of hydrogen-bond acceptors (Lipinski definition) is 8. The van der Waals surface area contributed by atoms with Crippen LogP contribution in [-0.4, -0.2) is 68.7 Å². The van der Waals surface area contributed by atoms with Gasteiger partial charge in [0.1, 0.15) is 17.3 Å². The Balaban J connectivity index is 1.20. The lowest BCUT2D eigenvalue weighted by atomic mass is 10.1. The minimum atomic E-state index is -0.355. The van der Waals surface area contributed by atoms with E-state index in [1.54, 1.807) is 46.4 Å². The summed E-state index contributed by atoms with van der Waals surface area (Å²) in [4.78, 5) is 43.5. The summed E-state index contributed by atoms with van der Waals surface area (Å²) >= 11 is 12.4. The molecule has 1 saturated heterocycles. The first kappa shape index (κ1) is 27.8. The Morgan fingerprint density at radius 3 is 2.60 bits per heavy atom. The highest BCUT2D eigenvalue weighted by molar-refractivity contribution is 6.30. The molecule has 2 amide bonds. The Morgan fingerprint density at radius 2 is 1.79 bits per heavy atom. The first-order chi connectivity index (χ1) is 20.4. The van der Waals surface area contributed by atoms with Crippen LogP contribution in [0.3, 0.4) is 0 Å². The van der Waals surface area contributed by atoms with E-state index in [1.807, 2.05) is 35.2 Å². The Morgan fingerprint density at radius 1 is 0.976 bits per heavy atom. The molecule has 4 aromatic rings. The zero-order valence-corrected chi connectivity index (χ0v) is 24.0. The van der Waals surface area contributed by atoms with Crippen molar-refractivity contribution < 1.29 is 19.1 Å². The van der Waals surface area contributed by atoms with Gasteiger partial charge in [-0.05, 0) is 35.4 Å². The molecule has 13 heteroatoms. The molecule has 42 heavy (non-hydrogen) atoms. The van der Waals surface area contributed by atoms with Gasteiger partial charge in [-0.2, -0.15) is 4.98 Å². The average Bonchev–Trinajstić information content (AvgIpc) is 3.69. The lowest BCUT2D eigenvalue weighted by Crippen LogP contribution is -2.56. The number of carbonyl (C=O) groups excluding carboxylic acids is 2. The number of nitrogens with one attached hydrogen (secondary N) is 1. The van der Waals surface area contributed by atoms with E-state index in [9.17, 15) is 9.59 Å². The number of rotatable bonds is 8. The number of piperazine rings is 1. The third-order valence-electron chi connectivity index (χ3n) is 7.15. The number of carbonyl (C=O) groups is 2. The van der Waals surface area contributed by atoms with Crippen LogP contribution >= 0.6 is 23.2 Å². The molecule has 0 radical (unpaired) electrons. The van der Waals surface area contributed by atoms with E-state index in [1.165, 1.54) is 0 Å². The van der Waals surface area contributed by atoms with E-state index in [4.69, 9.17) is 37.7 Å². The molecule has 1 atom stereocenters. The van der Waals surface area contributed by atoms with E-state index in [0.29, 0.717) is 54.5 Å². The van der Waals surface area contributed by atoms with Gasteiger partial charge in [-0.3, -0.25) is 14.2 Å². The van der Waals surface area contributed by atoms with Crippen molar-refractivity contribution in [2.75, 3.05) is 31.3 Å². The van der Waals surface area contributed by atoms with Crippen LogP contribution in [0.5, 0.6) is 11.5 Å². The van der Waals surface area contributed by atoms with Gasteiger partial charge in [0.15, 0.2) is 11.5 Å². The van der Waals surface area contributed by atoms with Gasteiger partial charge in [0.25, 0.3) is 0 Å². The van der Waals surface area contributed by atoms with Gasteiger partial charge in [0, 0.05) is 56.1 Å². The second-order valence-corrected chi connectivity index (χ2v) is 10.8. The first-order valence-electron chi connectivity index (χ1n) is 13.4. The number of nitrogens with zero attached hydrogens (tertiary/aromatic N) is 6. The molecule has 0 saturated carbocycles. The molecule has 6 rings (SSSR count). The highest BCUT2D eigenvalue weighted by Gasteiger charge is 2.32. The average molecular weight is 608 g/mol. The van der Waals surface area contributed by atoms with Crippen molar-refractivity contribution in [1.29, 1.82) is 0 Å². The van der Waals surface area contributed by atoms with Crippen molar-refractivity contribution in [1.82, 2.24) is 29.7 Å². The number of benzene rings is 2. The summed E-state index contributed by atoms with van der Waals surface area (Å²) in [5, 5.41) is 3.87. The van der Waals surface area contributed by atoms with E-state index in [2.05, 4.69) is 15.3 Å². The summed E-state index contributed by atoms with van der Waals surface area (Å²) in [7, 11) is 0. The standard InChI is InChI=1S/C29H27Cl2N7O4/c30-21-4-1-19(2-5-21)15-33-27(39)13-22-16-36(28(40)12-20-3-6-23-24(11-20)42-18-41-23)9-10-38(22)26-14-25(31)34-29(35-26)37-8-7-32-17-37/h1-8,11,14,17,22H,9-10,12-13,15-16,18H2,(H,33,39). The summed E-state index contributed by atoms with van der Waals surface area (Å²) in [5.41, 5.74) is 1.76. The van der Waals surface area contributed by atoms with Gasteiger partial charge >= 0.3 is 0 Å². The van der Waals surface area contributed by atoms with Crippen LogP contribution in [0.2, 0.25) is 10.2 Å². The van der Waals surface area contributed by atoms with Crippen molar-refractivity contribution >= 4 is 40.8 Å². The maximum absolute atomic E-state index is 13.4. The van der Waals surface area contributed by atoms with Crippen molar-refractivity contribution in [3.63, 3.8) is 0 Å². The summed E-state index contributed by atoms with van der Waals surface area (Å²) in [6, 6.07) is 14.1. The molecule has 2 aliphatic rings. The number of hydrogen-bond donors (Lipinski definition) is 1. The van der Waals surface area contributed by atoms with Crippen molar-refractivity contribution in [2.24, 2.45) is 0 Å². The molecule has 2 aromatic heterocycles. The zero-order valence-electron chi connectivity index (χ0n) is 22.5. The number of imidazole rings is 1. The van der Waals surface area contributed by atoms with Crippen molar-refractivity contribution in [3.05, 3.63) is 88.6 Å². The number of aromatic nitrogens is 4. The van der Waals surface area contributed by atoms with Gasteiger partial charge in [-0.25, -0.2) is 9.97 Å². The second kappa shape index (κ2) is 12.3. The van der Waals surface area contributed by atoms with Crippen LogP contribution in [0, 0.1) is 0 Å². The van der Waals surface area contributed by atoms with Crippen LogP contribution in [0.1, 0.15) is 17.5 Å². The molecule has 0 spiro atoms. The number of anilines is 1. The van der Waals surface area contributed by atoms with Crippen LogP contribution in [0.25, 0.3) is 5.95 Å². The van der Waals surface area contributed by atoms with Gasteiger partial charge in [0.2, 0.25) is 24.6 Å². The topological polar surface area (TPSA) is 115 Å². The predicted octanol–water partition coefficient (Wildman–Crippen LogP) is 3.66. The summed E-state index contributed by atoms with van der Waals surface area (Å²) in [5.74, 6) is 2.04. The minimum Gasteiger partial charge on any atom is -0.454 e. The highest BCUT2D eigenvalue weighted by Crippen LogP contribution is 2.33. The van der Waals surface area contributed by atoms with Gasteiger partial charge in [0.05, 0.1) is 12.5 Å². The second-order valence-electron chi connectivity index (χ2n) is 9.98. The number of halogens is 2. The fourth-order valence-electron chi connectivity index (χ4n) is 5.02. The van der Waals surface area contributed by atoms with E-state index in [0.717, 1.165) is 11.1 Å². The molecule has 4 heterocycles. The Kier molecular flexibility index (Phi) is 8.11. The number of amides is 2. The van der Waals surface area contributed by atoms with E-state index in [-0.39, 0.29) is 42.6 Å². The van der Waals surface area contributed by atoms with Gasteiger partial charge in [-0.1, -0.05) is 41.4 Å². The normalized spacial score (nSPS) is 16.0. The minimum absolute atomic E-state index is 0.0417. The Bertz CT molecular complexity index is 1580. The van der Waals surface area contributed by atoms with Crippen LogP contribution in [0.4, 0.5) is 5.82 Å². The monoisotopic (exact) mass is 607 g/mol. The molecule has 11 nitrogen and oxygen atoms in total. The number of ether oxygens (including phenoxy) is 2. The first-order valence-corrected chi connectivity index (χ1v) is 14.1. The third kappa shape index (κ3) is 6.42. The molecule has 1 N–H and O–H groups in total.